The van der Waals surface area contributed by atoms with Gasteiger partial charge in [-0.2, -0.15) is 0 Å². The Labute approximate surface area is 142 Å². The minimum atomic E-state index is -0.691. The average Bonchev–Trinajstić information content (AvgIpc) is 2.97. The van der Waals surface area contributed by atoms with Crippen molar-refractivity contribution in [3.8, 4) is 0 Å². The summed E-state index contributed by atoms with van der Waals surface area (Å²) in [7, 11) is 0. The van der Waals surface area contributed by atoms with Gasteiger partial charge in [-0.15, -0.1) is 0 Å². The molecule has 0 aromatic carbocycles. The molecular weight excluding hydrogens is 312 g/mol. The lowest BCUT2D eigenvalue weighted by atomic mass is 9.93. The molecule has 1 aliphatic heterocycles. The molecule has 1 aromatic heterocycles. The third kappa shape index (κ3) is 4.74. The zero-order chi connectivity index (χ0) is 17.7. The SMILES string of the molecule is Cc1ccoc1C(=O)N1CC[C@@H](CNC(=O)OCC(C)C)[C@H](O)C1. The molecule has 1 aromatic rings. The number of aliphatic hydroxyl groups excluding tert-OH is 1. The van der Waals surface area contributed by atoms with E-state index in [2.05, 4.69) is 5.32 Å². The highest BCUT2D eigenvalue weighted by atomic mass is 16.5. The molecule has 0 bridgehead atoms. The number of rotatable bonds is 5. The maximum absolute atomic E-state index is 12.4. The molecule has 0 radical (unpaired) electrons. The summed E-state index contributed by atoms with van der Waals surface area (Å²) >= 11 is 0. The molecule has 1 aliphatic rings. The zero-order valence-corrected chi connectivity index (χ0v) is 14.4. The van der Waals surface area contributed by atoms with Crippen molar-refractivity contribution in [3.63, 3.8) is 0 Å². The van der Waals surface area contributed by atoms with Crippen LogP contribution in [0.5, 0.6) is 0 Å². The van der Waals surface area contributed by atoms with Crippen molar-refractivity contribution in [2.45, 2.75) is 33.3 Å². The summed E-state index contributed by atoms with van der Waals surface area (Å²) in [6, 6.07) is 1.74. The van der Waals surface area contributed by atoms with Gasteiger partial charge in [0.15, 0.2) is 5.76 Å². The Balaban J connectivity index is 1.79. The lowest BCUT2D eigenvalue weighted by Crippen LogP contribution is -2.49. The molecule has 2 heterocycles. The number of β-amino-alcohol motifs (C(OH)–C–C–N with tert-alkyl or cyclic N) is 1. The van der Waals surface area contributed by atoms with E-state index in [-0.39, 0.29) is 24.3 Å². The Kier molecular flexibility index (Phi) is 6.25. The van der Waals surface area contributed by atoms with Crippen LogP contribution < -0.4 is 5.32 Å². The maximum atomic E-state index is 12.4. The standard InChI is InChI=1S/C17H26N2O5/c1-11(2)10-24-17(22)18-8-13-4-6-19(9-14(13)20)16(21)15-12(3)5-7-23-15/h5,7,11,13-14,20H,4,6,8-10H2,1-3H3,(H,18,22)/t13-,14+/m0/s1. The fraction of sp³-hybridized carbons (Fsp3) is 0.647. The van der Waals surface area contributed by atoms with Crippen LogP contribution in [0.3, 0.4) is 0 Å². The van der Waals surface area contributed by atoms with Crippen molar-refractivity contribution in [1.82, 2.24) is 10.2 Å². The number of piperidine rings is 1. The monoisotopic (exact) mass is 338 g/mol. The van der Waals surface area contributed by atoms with Crippen LogP contribution in [0.25, 0.3) is 0 Å². The molecule has 2 atom stereocenters. The summed E-state index contributed by atoms with van der Waals surface area (Å²) in [6.45, 7) is 7.18. The summed E-state index contributed by atoms with van der Waals surface area (Å²) in [5.74, 6) is 0.286. The van der Waals surface area contributed by atoms with Crippen molar-refractivity contribution in [2.24, 2.45) is 11.8 Å². The molecule has 134 valence electrons. The lowest BCUT2D eigenvalue weighted by molar-refractivity contribution is 0.0178. The highest BCUT2D eigenvalue weighted by Crippen LogP contribution is 2.20. The lowest BCUT2D eigenvalue weighted by Gasteiger charge is -2.35. The van der Waals surface area contributed by atoms with E-state index in [1.807, 2.05) is 20.8 Å². The Morgan fingerprint density at radius 1 is 1.50 bits per heavy atom. The predicted octanol–water partition coefficient (Wildman–Crippen LogP) is 1.79. The summed E-state index contributed by atoms with van der Waals surface area (Å²) in [5.41, 5.74) is 0.783. The average molecular weight is 338 g/mol. The van der Waals surface area contributed by atoms with Crippen LogP contribution in [0.1, 0.15) is 36.4 Å². The summed E-state index contributed by atoms with van der Waals surface area (Å²) < 4.78 is 10.3. The molecular formula is C17H26N2O5. The number of carbonyl (C=O) groups is 2. The van der Waals surface area contributed by atoms with Crippen molar-refractivity contribution < 1.29 is 23.8 Å². The number of aryl methyl sites for hydroxylation is 1. The molecule has 0 aliphatic carbocycles. The minimum absolute atomic E-state index is 0.0988. The maximum Gasteiger partial charge on any atom is 0.407 e. The molecule has 0 unspecified atom stereocenters. The van der Waals surface area contributed by atoms with E-state index in [1.165, 1.54) is 6.26 Å². The summed E-state index contributed by atoms with van der Waals surface area (Å²) in [5, 5.41) is 12.9. The Morgan fingerprint density at radius 2 is 2.25 bits per heavy atom. The first-order valence-corrected chi connectivity index (χ1v) is 8.30. The first-order valence-electron chi connectivity index (χ1n) is 8.30. The fourth-order valence-corrected chi connectivity index (χ4v) is 2.65. The van der Waals surface area contributed by atoms with E-state index in [0.29, 0.717) is 31.9 Å². The van der Waals surface area contributed by atoms with E-state index in [9.17, 15) is 14.7 Å². The molecule has 0 spiro atoms. The van der Waals surface area contributed by atoms with Gasteiger partial charge in [0.1, 0.15) is 0 Å². The van der Waals surface area contributed by atoms with Gasteiger partial charge in [-0.05, 0) is 25.3 Å². The first-order chi connectivity index (χ1) is 11.4. The molecule has 2 N–H and O–H groups in total. The molecule has 7 nitrogen and oxygen atoms in total. The van der Waals surface area contributed by atoms with Gasteiger partial charge in [0.05, 0.1) is 19.0 Å². The van der Waals surface area contributed by atoms with Crippen molar-refractivity contribution >= 4 is 12.0 Å². The molecule has 2 rings (SSSR count). The normalized spacial score (nSPS) is 21.0. The second-order valence-corrected chi connectivity index (χ2v) is 6.67. The van der Waals surface area contributed by atoms with Crippen LogP contribution in [0, 0.1) is 18.8 Å². The van der Waals surface area contributed by atoms with Gasteiger partial charge in [0.25, 0.3) is 5.91 Å². The van der Waals surface area contributed by atoms with Gasteiger partial charge in [0, 0.05) is 31.1 Å². The summed E-state index contributed by atoms with van der Waals surface area (Å²) in [4.78, 5) is 25.5. The van der Waals surface area contributed by atoms with Gasteiger partial charge < -0.3 is 24.5 Å². The van der Waals surface area contributed by atoms with Crippen LogP contribution in [-0.4, -0.2) is 54.4 Å². The van der Waals surface area contributed by atoms with Gasteiger partial charge in [-0.25, -0.2) is 4.79 Å². The van der Waals surface area contributed by atoms with Crippen molar-refractivity contribution in [3.05, 3.63) is 23.7 Å². The second-order valence-electron chi connectivity index (χ2n) is 6.67. The van der Waals surface area contributed by atoms with Gasteiger partial charge in [0.2, 0.25) is 0 Å². The highest BCUT2D eigenvalue weighted by Gasteiger charge is 2.32. The van der Waals surface area contributed by atoms with E-state index in [0.717, 1.165) is 5.56 Å². The second kappa shape index (κ2) is 8.19. The van der Waals surface area contributed by atoms with E-state index in [1.54, 1.807) is 11.0 Å². The van der Waals surface area contributed by atoms with E-state index < -0.39 is 12.2 Å². The number of nitrogens with zero attached hydrogens (tertiary/aromatic N) is 1. The number of carbonyl (C=O) groups excluding carboxylic acids is 2. The minimum Gasteiger partial charge on any atom is -0.459 e. The van der Waals surface area contributed by atoms with Crippen molar-refractivity contribution in [1.29, 1.82) is 0 Å². The third-order valence-corrected chi connectivity index (χ3v) is 4.12. The van der Waals surface area contributed by atoms with Gasteiger partial charge in [-0.3, -0.25) is 4.79 Å². The number of hydrogen-bond donors (Lipinski definition) is 2. The van der Waals surface area contributed by atoms with Gasteiger partial charge >= 0.3 is 6.09 Å². The Bertz CT molecular complexity index is 569. The number of aliphatic hydroxyl groups is 1. The smallest absolute Gasteiger partial charge is 0.407 e. The molecule has 1 fully saturated rings. The van der Waals surface area contributed by atoms with Crippen LogP contribution in [0.2, 0.25) is 0 Å². The topological polar surface area (TPSA) is 92.0 Å². The number of amides is 2. The van der Waals surface area contributed by atoms with E-state index >= 15 is 0 Å². The van der Waals surface area contributed by atoms with Crippen LogP contribution in [0.4, 0.5) is 4.79 Å². The third-order valence-electron chi connectivity index (χ3n) is 4.12. The van der Waals surface area contributed by atoms with Crippen LogP contribution in [-0.2, 0) is 4.74 Å². The number of likely N-dealkylation sites (tertiary alicyclic amines) is 1. The zero-order valence-electron chi connectivity index (χ0n) is 14.4. The molecule has 0 saturated carbocycles. The molecule has 7 heteroatoms. The fourth-order valence-electron chi connectivity index (χ4n) is 2.65. The number of furan rings is 1. The molecule has 24 heavy (non-hydrogen) atoms. The molecule has 1 saturated heterocycles. The van der Waals surface area contributed by atoms with Crippen LogP contribution >= 0.6 is 0 Å². The largest absolute Gasteiger partial charge is 0.459 e. The number of alkyl carbamates (subject to hydrolysis) is 1. The quantitative estimate of drug-likeness (QED) is 0.854. The van der Waals surface area contributed by atoms with Gasteiger partial charge in [-0.1, -0.05) is 13.8 Å². The molecule has 2 amide bonds. The number of ether oxygens (including phenoxy) is 1. The van der Waals surface area contributed by atoms with Crippen LogP contribution in [0.15, 0.2) is 16.7 Å². The first kappa shape index (κ1) is 18.3. The highest BCUT2D eigenvalue weighted by molar-refractivity contribution is 5.92. The Hall–Kier alpha value is -2.02. The number of nitrogens with one attached hydrogen (secondary N) is 1. The number of hydrogen-bond acceptors (Lipinski definition) is 5. The Morgan fingerprint density at radius 3 is 2.83 bits per heavy atom. The van der Waals surface area contributed by atoms with E-state index in [4.69, 9.17) is 9.15 Å². The summed E-state index contributed by atoms with van der Waals surface area (Å²) in [6.07, 6.45) is 0.930. The predicted molar refractivity (Wildman–Crippen MR) is 87.7 cm³/mol. The van der Waals surface area contributed by atoms with Crippen molar-refractivity contribution in [2.75, 3.05) is 26.2 Å².